The molecule has 2 aliphatic rings. The summed E-state index contributed by atoms with van der Waals surface area (Å²) in [7, 11) is 0. The molecular weight excluding hydrogens is 402 g/mol. The van der Waals surface area contributed by atoms with Crippen molar-refractivity contribution in [2.24, 2.45) is 5.10 Å². The zero-order chi connectivity index (χ0) is 17.4. The number of aldehydes is 1. The van der Waals surface area contributed by atoms with Crippen LogP contribution in [-0.2, 0) is 11.3 Å². The standard InChI is InChI=1S/C19H17BrClN3O/c20-17-4-2-1-3-14(17)11-23-18(12-25)24(16-9-10-16)19(22-23)13-5-7-15(21)8-6-13/h1-8,12,16,18H,9-11H2. The van der Waals surface area contributed by atoms with Gasteiger partial charge in [-0.1, -0.05) is 45.7 Å². The lowest BCUT2D eigenvalue weighted by Crippen LogP contribution is -2.44. The van der Waals surface area contributed by atoms with Gasteiger partial charge in [0.15, 0.2) is 18.3 Å². The van der Waals surface area contributed by atoms with Crippen molar-refractivity contribution in [3.05, 3.63) is 69.2 Å². The van der Waals surface area contributed by atoms with Gasteiger partial charge in [0.1, 0.15) is 0 Å². The lowest BCUT2D eigenvalue weighted by atomic mass is 10.2. The van der Waals surface area contributed by atoms with Crippen LogP contribution in [0.2, 0.25) is 5.02 Å². The quantitative estimate of drug-likeness (QED) is 0.680. The minimum absolute atomic E-state index is 0.370. The van der Waals surface area contributed by atoms with Gasteiger partial charge < -0.3 is 4.90 Å². The number of amidine groups is 1. The van der Waals surface area contributed by atoms with Crippen LogP contribution in [0.15, 0.2) is 58.1 Å². The van der Waals surface area contributed by atoms with Crippen LogP contribution in [0.3, 0.4) is 0 Å². The molecule has 0 amide bonds. The second kappa shape index (κ2) is 6.81. The first-order chi connectivity index (χ1) is 12.2. The molecule has 0 N–H and O–H groups in total. The van der Waals surface area contributed by atoms with Crippen molar-refractivity contribution in [2.45, 2.75) is 31.6 Å². The van der Waals surface area contributed by atoms with Gasteiger partial charge in [0.05, 0.1) is 6.54 Å². The summed E-state index contributed by atoms with van der Waals surface area (Å²) in [6.45, 7) is 0.575. The number of carbonyl (C=O) groups excluding carboxylic acids is 1. The van der Waals surface area contributed by atoms with Crippen LogP contribution in [0.1, 0.15) is 24.0 Å². The predicted molar refractivity (Wildman–Crippen MR) is 102 cm³/mol. The van der Waals surface area contributed by atoms with Crippen LogP contribution in [-0.4, -0.2) is 34.2 Å². The number of hydrazone groups is 1. The first-order valence-corrected chi connectivity index (χ1v) is 9.42. The van der Waals surface area contributed by atoms with Crippen molar-refractivity contribution >= 4 is 39.7 Å². The number of benzene rings is 2. The Bertz CT molecular complexity index is 820. The molecule has 0 spiro atoms. The second-order valence-corrected chi connectivity index (χ2v) is 7.60. The number of carbonyl (C=O) groups is 1. The summed E-state index contributed by atoms with van der Waals surface area (Å²) in [5, 5.41) is 7.36. The molecule has 2 aromatic rings. The molecule has 0 saturated heterocycles. The van der Waals surface area contributed by atoms with E-state index in [1.54, 1.807) is 0 Å². The molecule has 2 aromatic carbocycles. The highest BCUT2D eigenvalue weighted by molar-refractivity contribution is 9.10. The van der Waals surface area contributed by atoms with Crippen LogP contribution < -0.4 is 0 Å². The molecule has 1 unspecified atom stereocenters. The largest absolute Gasteiger partial charge is 0.324 e. The van der Waals surface area contributed by atoms with Crippen molar-refractivity contribution in [3.8, 4) is 0 Å². The van der Waals surface area contributed by atoms with Crippen LogP contribution in [0.25, 0.3) is 0 Å². The lowest BCUT2D eigenvalue weighted by Gasteiger charge is -2.28. The van der Waals surface area contributed by atoms with Crippen molar-refractivity contribution in [1.82, 2.24) is 9.91 Å². The van der Waals surface area contributed by atoms with Gasteiger partial charge in [0.25, 0.3) is 0 Å². The first kappa shape index (κ1) is 16.6. The Hall–Kier alpha value is -1.85. The fourth-order valence-electron chi connectivity index (χ4n) is 3.11. The molecule has 4 rings (SSSR count). The Kier molecular flexibility index (Phi) is 4.52. The molecular formula is C19H17BrClN3O. The van der Waals surface area contributed by atoms with E-state index in [1.807, 2.05) is 53.5 Å². The lowest BCUT2D eigenvalue weighted by molar-refractivity contribution is -0.115. The minimum atomic E-state index is -0.370. The van der Waals surface area contributed by atoms with Gasteiger partial charge in [-0.05, 0) is 48.7 Å². The van der Waals surface area contributed by atoms with Gasteiger partial charge in [0, 0.05) is 21.1 Å². The van der Waals surface area contributed by atoms with Crippen molar-refractivity contribution in [1.29, 1.82) is 0 Å². The van der Waals surface area contributed by atoms with Gasteiger partial charge in [-0.25, -0.2) is 0 Å². The van der Waals surface area contributed by atoms with E-state index in [0.717, 1.165) is 40.6 Å². The van der Waals surface area contributed by atoms with E-state index in [1.165, 1.54) is 0 Å². The van der Waals surface area contributed by atoms with Crippen molar-refractivity contribution < 1.29 is 4.79 Å². The van der Waals surface area contributed by atoms with E-state index < -0.39 is 0 Å². The monoisotopic (exact) mass is 417 g/mol. The average Bonchev–Trinajstić information content (AvgIpc) is 3.39. The maximum atomic E-state index is 11.9. The Morgan fingerprint density at radius 1 is 1.16 bits per heavy atom. The molecule has 4 nitrogen and oxygen atoms in total. The Morgan fingerprint density at radius 3 is 2.52 bits per heavy atom. The van der Waals surface area contributed by atoms with Crippen molar-refractivity contribution in [3.63, 3.8) is 0 Å². The third-order valence-electron chi connectivity index (χ3n) is 4.51. The maximum Gasteiger partial charge on any atom is 0.176 e. The molecule has 1 fully saturated rings. The fraction of sp³-hybridized carbons (Fsp3) is 0.263. The van der Waals surface area contributed by atoms with Gasteiger partial charge in [-0.15, -0.1) is 0 Å². The second-order valence-electron chi connectivity index (χ2n) is 6.31. The summed E-state index contributed by atoms with van der Waals surface area (Å²) in [6, 6.07) is 16.0. The zero-order valence-electron chi connectivity index (χ0n) is 13.5. The van der Waals surface area contributed by atoms with Crippen LogP contribution in [0, 0.1) is 0 Å². The Labute approximate surface area is 160 Å². The summed E-state index contributed by atoms with van der Waals surface area (Å²) < 4.78 is 1.02. The predicted octanol–water partition coefficient (Wildman–Crippen LogP) is 4.27. The SMILES string of the molecule is O=CC1N(Cc2ccccc2Br)N=C(c2ccc(Cl)cc2)N1C1CC1. The van der Waals surface area contributed by atoms with E-state index in [4.69, 9.17) is 16.7 Å². The summed E-state index contributed by atoms with van der Waals surface area (Å²) in [6.07, 6.45) is 2.81. The molecule has 1 atom stereocenters. The normalized spacial score (nSPS) is 19.9. The molecule has 0 aromatic heterocycles. The number of nitrogens with zero attached hydrogens (tertiary/aromatic N) is 3. The molecule has 128 valence electrons. The maximum absolute atomic E-state index is 11.9. The van der Waals surface area contributed by atoms with Gasteiger partial charge in [0.2, 0.25) is 0 Å². The van der Waals surface area contributed by atoms with E-state index in [-0.39, 0.29) is 6.17 Å². The molecule has 1 saturated carbocycles. The number of halogens is 2. The smallest absolute Gasteiger partial charge is 0.176 e. The minimum Gasteiger partial charge on any atom is -0.324 e. The summed E-state index contributed by atoms with van der Waals surface area (Å²) in [5.74, 6) is 0.850. The Balaban J connectivity index is 1.69. The third kappa shape index (κ3) is 3.31. The molecule has 25 heavy (non-hydrogen) atoms. The summed E-state index contributed by atoms with van der Waals surface area (Å²) >= 11 is 9.59. The number of rotatable bonds is 5. The summed E-state index contributed by atoms with van der Waals surface area (Å²) in [5.41, 5.74) is 2.09. The zero-order valence-corrected chi connectivity index (χ0v) is 15.8. The molecule has 1 aliphatic carbocycles. The van der Waals surface area contributed by atoms with Crippen LogP contribution in [0.4, 0.5) is 0 Å². The van der Waals surface area contributed by atoms with E-state index in [2.05, 4.69) is 20.8 Å². The first-order valence-electron chi connectivity index (χ1n) is 8.25. The fourth-order valence-corrected chi connectivity index (χ4v) is 3.65. The average molecular weight is 419 g/mol. The van der Waals surface area contributed by atoms with E-state index in [9.17, 15) is 4.79 Å². The van der Waals surface area contributed by atoms with Crippen molar-refractivity contribution in [2.75, 3.05) is 0 Å². The number of hydrogen-bond donors (Lipinski definition) is 0. The van der Waals surface area contributed by atoms with Gasteiger partial charge in [-0.3, -0.25) is 9.80 Å². The number of hydrogen-bond acceptors (Lipinski definition) is 4. The third-order valence-corrected chi connectivity index (χ3v) is 5.54. The summed E-state index contributed by atoms with van der Waals surface area (Å²) in [4.78, 5) is 14.0. The molecule has 6 heteroatoms. The molecule has 1 aliphatic heterocycles. The highest BCUT2D eigenvalue weighted by atomic mass is 79.9. The molecule has 0 bridgehead atoms. The van der Waals surface area contributed by atoms with Gasteiger partial charge in [-0.2, -0.15) is 5.10 Å². The van der Waals surface area contributed by atoms with E-state index in [0.29, 0.717) is 17.6 Å². The van der Waals surface area contributed by atoms with Crippen LogP contribution in [0.5, 0.6) is 0 Å². The molecule has 0 radical (unpaired) electrons. The van der Waals surface area contributed by atoms with Crippen LogP contribution >= 0.6 is 27.5 Å². The highest BCUT2D eigenvalue weighted by Gasteiger charge is 2.43. The van der Waals surface area contributed by atoms with E-state index >= 15 is 0 Å². The molecule has 1 heterocycles. The van der Waals surface area contributed by atoms with Gasteiger partial charge >= 0.3 is 0 Å². The topological polar surface area (TPSA) is 35.9 Å². The Morgan fingerprint density at radius 2 is 1.88 bits per heavy atom. The highest BCUT2D eigenvalue weighted by Crippen LogP contribution is 2.35.